The average molecular weight is 945 g/mol. The van der Waals surface area contributed by atoms with Gasteiger partial charge in [-0.05, 0) is 125 Å². The fourth-order valence-electron chi connectivity index (χ4n) is 12.0. The lowest BCUT2D eigenvalue weighted by Gasteiger charge is -2.65. The van der Waals surface area contributed by atoms with Gasteiger partial charge in [-0.2, -0.15) is 25.3 Å². The minimum absolute atomic E-state index is 0.00771. The van der Waals surface area contributed by atoms with E-state index < -0.39 is 48.0 Å². The maximum absolute atomic E-state index is 13.1. The Hall–Kier alpha value is -1.04. The Morgan fingerprint density at radius 1 is 0.710 bits per heavy atom. The molecule has 0 heterocycles. The van der Waals surface area contributed by atoms with Crippen molar-refractivity contribution in [1.82, 2.24) is 21.3 Å². The molecule has 11 atom stereocenters. The van der Waals surface area contributed by atoms with Crippen LogP contribution in [0.25, 0.3) is 0 Å². The van der Waals surface area contributed by atoms with Crippen molar-refractivity contribution in [2.45, 2.75) is 155 Å². The second-order valence-corrected chi connectivity index (χ2v) is 23.6. The molecule has 20 heteroatoms. The number of fused-ring (bicyclic) bond motifs is 5. The molecule has 0 saturated heterocycles. The van der Waals surface area contributed by atoms with E-state index >= 15 is 0 Å². The minimum Gasteiger partial charge on any atom is -0.378 e. The Kier molecular flexibility index (Phi) is 21.3. The fourth-order valence-corrected chi connectivity index (χ4v) is 13.2. The van der Waals surface area contributed by atoms with Crippen molar-refractivity contribution in [1.29, 1.82) is 0 Å². The van der Waals surface area contributed by atoms with Gasteiger partial charge in [0.15, 0.2) is 0 Å². The molecule has 4 aliphatic rings. The molecule has 364 valence electrons. The summed E-state index contributed by atoms with van der Waals surface area (Å²) in [5.41, 5.74) is -0.306. The average Bonchev–Trinajstić information content (AvgIpc) is 3.54. The van der Waals surface area contributed by atoms with Crippen LogP contribution >= 0.6 is 0 Å². The number of carbonyl (C=O) groups excluding carboxylic acids is 1. The molecule has 17 nitrogen and oxygen atoms in total. The van der Waals surface area contributed by atoms with E-state index in [2.05, 4.69) is 49.0 Å². The second-order valence-electron chi connectivity index (χ2n) is 19.3. The first kappa shape index (κ1) is 53.6. The largest absolute Gasteiger partial charge is 0.378 e. The van der Waals surface area contributed by atoms with Crippen molar-refractivity contribution in [3.63, 3.8) is 0 Å². The first-order chi connectivity index (χ1) is 29.2. The van der Waals surface area contributed by atoms with E-state index in [1.807, 2.05) is 0 Å². The van der Waals surface area contributed by atoms with Crippen molar-refractivity contribution in [2.24, 2.45) is 46.3 Å². The van der Waals surface area contributed by atoms with Crippen molar-refractivity contribution < 1.29 is 57.9 Å². The lowest BCUT2D eigenvalue weighted by molar-refractivity contribution is -0.227. The molecule has 7 N–H and O–H groups in total. The Morgan fingerprint density at radius 3 is 1.97 bits per heavy atom. The van der Waals surface area contributed by atoms with Crippen LogP contribution in [0.2, 0.25) is 0 Å². The van der Waals surface area contributed by atoms with Crippen LogP contribution in [0.1, 0.15) is 137 Å². The molecule has 0 spiro atoms. The van der Waals surface area contributed by atoms with Gasteiger partial charge in [-0.3, -0.25) is 23.8 Å². The smallest absolute Gasteiger partial charge is 0.278 e. The molecule has 0 aromatic carbocycles. The number of rotatable bonds is 30. The van der Waals surface area contributed by atoms with Crippen molar-refractivity contribution in [2.75, 3.05) is 57.2 Å². The second kappa shape index (κ2) is 24.6. The molecular formula is C42H80N4O13S3. The van der Waals surface area contributed by atoms with Crippen LogP contribution in [0.4, 0.5) is 0 Å². The molecule has 6 unspecified atom stereocenters. The van der Waals surface area contributed by atoms with Gasteiger partial charge < -0.3 is 30.2 Å². The lowest BCUT2D eigenvalue weighted by atomic mass is 9.43. The predicted octanol–water partition coefficient (Wildman–Crippen LogP) is 4.96. The highest BCUT2D eigenvalue weighted by molar-refractivity contribution is 7.86. The summed E-state index contributed by atoms with van der Waals surface area (Å²) in [6.45, 7) is 11.5. The van der Waals surface area contributed by atoms with E-state index in [4.69, 9.17) is 18.8 Å². The third kappa shape index (κ3) is 16.4. The topological polar surface area (TPSA) is 256 Å². The molecule has 4 saturated carbocycles. The predicted molar refractivity (Wildman–Crippen MR) is 238 cm³/mol. The van der Waals surface area contributed by atoms with E-state index in [0.717, 1.165) is 64.2 Å². The Morgan fingerprint density at radius 2 is 1.32 bits per heavy atom. The molecule has 0 radical (unpaired) electrons. The summed E-state index contributed by atoms with van der Waals surface area (Å²) in [5, 5.41) is 11.4. The van der Waals surface area contributed by atoms with E-state index in [-0.39, 0.29) is 77.3 Å². The minimum atomic E-state index is -4.18. The SMILES string of the molecule is CCCCCCCCNC(=O)CC[C@@H](C)C1CC[C@H]2C3[C@H](OCCCNCS(=O)(=O)O)CC4CC(OCNCS(=O)(=O)O)CCC4(C)[C@H]3C[C@H](OCCCNCS(=O)(=O)O)C12C. The van der Waals surface area contributed by atoms with Gasteiger partial charge in [-0.1, -0.05) is 59.8 Å². The molecule has 1 amide bonds. The zero-order valence-electron chi connectivity index (χ0n) is 37.7. The normalized spacial score (nSPS) is 31.9. The highest BCUT2D eigenvalue weighted by atomic mass is 32.2. The van der Waals surface area contributed by atoms with E-state index in [9.17, 15) is 39.2 Å². The highest BCUT2D eigenvalue weighted by Crippen LogP contribution is 2.69. The van der Waals surface area contributed by atoms with Gasteiger partial charge in [0, 0.05) is 31.6 Å². The van der Waals surface area contributed by atoms with Crippen molar-refractivity contribution in [3.8, 4) is 0 Å². The van der Waals surface area contributed by atoms with E-state index in [0.29, 0.717) is 52.1 Å². The van der Waals surface area contributed by atoms with Gasteiger partial charge in [0.25, 0.3) is 30.4 Å². The molecule has 4 fully saturated rings. The third-order valence-electron chi connectivity index (χ3n) is 15.0. The van der Waals surface area contributed by atoms with E-state index in [1.54, 1.807) is 0 Å². The fraction of sp³-hybridized carbons (Fsp3) is 0.976. The molecule has 4 rings (SSSR count). The van der Waals surface area contributed by atoms with Crippen LogP contribution < -0.4 is 21.3 Å². The van der Waals surface area contributed by atoms with Crippen LogP contribution in [-0.4, -0.2) is 120 Å². The molecule has 0 aliphatic heterocycles. The zero-order chi connectivity index (χ0) is 45.6. The molecule has 4 aliphatic carbocycles. The summed E-state index contributed by atoms with van der Waals surface area (Å²) in [7, 11) is -12.5. The summed E-state index contributed by atoms with van der Waals surface area (Å²) in [5.74, 6) is -0.0536. The number of carbonyl (C=O) groups is 1. The van der Waals surface area contributed by atoms with E-state index in [1.165, 1.54) is 25.7 Å². The number of hydrogen-bond donors (Lipinski definition) is 7. The van der Waals surface area contributed by atoms with Gasteiger partial charge in [0.2, 0.25) is 5.91 Å². The van der Waals surface area contributed by atoms with Crippen LogP contribution in [0.15, 0.2) is 0 Å². The van der Waals surface area contributed by atoms with Gasteiger partial charge >= 0.3 is 0 Å². The molecular weight excluding hydrogens is 865 g/mol. The first-order valence-corrected chi connectivity index (χ1v) is 28.1. The monoisotopic (exact) mass is 944 g/mol. The van der Waals surface area contributed by atoms with Crippen molar-refractivity contribution >= 4 is 36.3 Å². The summed E-state index contributed by atoms with van der Waals surface area (Å²) in [6, 6.07) is 0. The summed E-state index contributed by atoms with van der Waals surface area (Å²) in [6.07, 6.45) is 15.1. The number of nitrogens with one attached hydrogen (secondary N) is 4. The third-order valence-corrected chi connectivity index (χ3v) is 16.7. The highest BCUT2D eigenvalue weighted by Gasteiger charge is 2.66. The quantitative estimate of drug-likeness (QED) is 0.0286. The van der Waals surface area contributed by atoms with Crippen LogP contribution in [0.5, 0.6) is 0 Å². The number of hydrogen-bond acceptors (Lipinski definition) is 13. The van der Waals surface area contributed by atoms with Gasteiger partial charge in [-0.15, -0.1) is 0 Å². The maximum atomic E-state index is 13.1. The number of amides is 1. The number of unbranched alkanes of at least 4 members (excludes halogenated alkanes) is 5. The zero-order valence-corrected chi connectivity index (χ0v) is 40.2. The first-order valence-electron chi connectivity index (χ1n) is 23.3. The summed E-state index contributed by atoms with van der Waals surface area (Å²) < 4.78 is 115. The Labute approximate surface area is 372 Å². The molecule has 0 bridgehead atoms. The summed E-state index contributed by atoms with van der Waals surface area (Å²) >= 11 is 0. The molecule has 62 heavy (non-hydrogen) atoms. The van der Waals surface area contributed by atoms with Crippen LogP contribution in [0.3, 0.4) is 0 Å². The summed E-state index contributed by atoms with van der Waals surface area (Å²) in [4.78, 5) is 13.1. The molecule has 0 aromatic heterocycles. The van der Waals surface area contributed by atoms with Gasteiger partial charge in [0.1, 0.15) is 17.6 Å². The van der Waals surface area contributed by atoms with Crippen molar-refractivity contribution in [3.05, 3.63) is 0 Å². The maximum Gasteiger partial charge on any atom is 0.278 e. The molecule has 0 aromatic rings. The van der Waals surface area contributed by atoms with Crippen LogP contribution in [0, 0.1) is 46.3 Å². The Balaban J connectivity index is 1.53. The van der Waals surface area contributed by atoms with Gasteiger partial charge in [0.05, 0.1) is 25.0 Å². The Bertz CT molecular complexity index is 1710. The lowest BCUT2D eigenvalue weighted by Crippen LogP contribution is -2.63. The van der Waals surface area contributed by atoms with Crippen LogP contribution in [-0.2, 0) is 49.4 Å². The van der Waals surface area contributed by atoms with Gasteiger partial charge in [-0.25, -0.2) is 0 Å². The number of ether oxygens (including phenoxy) is 3. The standard InChI is InChI=1S/C42H80N4O13S3/c1-5-6-7-8-9-10-21-46-39(47)16-13-31(2)34-14-15-35-40-36(26-38(42(34,35)4)58-23-12-20-44-29-61(51,52)53)41(3)18-17-33(59-27-45-30-62(54,55)56)24-32(41)25-37(40)57-22-11-19-43-28-60(48,49)50/h31-38,40,43-45H,5-30H2,1-4H3,(H,46,47)(H,48,49,50)(H,51,52,53)(H,54,55,56)/t31-,32?,33?,34?,35+,36+,37-,38+,40?,41?,42?/m1/s1.